The van der Waals surface area contributed by atoms with Crippen molar-refractivity contribution in [2.24, 2.45) is 0 Å². The predicted molar refractivity (Wildman–Crippen MR) is 193 cm³/mol. The topological polar surface area (TPSA) is 128 Å². The zero-order valence-electron chi connectivity index (χ0n) is 28.3. The average Bonchev–Trinajstić information content (AvgIpc) is 3.53. The molecule has 250 valence electrons. The molecule has 3 heterocycles. The summed E-state index contributed by atoms with van der Waals surface area (Å²) >= 11 is 0. The molecule has 0 saturated carbocycles. The van der Waals surface area contributed by atoms with Crippen molar-refractivity contribution in [2.75, 3.05) is 23.1 Å². The van der Waals surface area contributed by atoms with E-state index in [1.165, 1.54) is 0 Å². The first kappa shape index (κ1) is 33.1. The van der Waals surface area contributed by atoms with Gasteiger partial charge in [0.15, 0.2) is 0 Å². The van der Waals surface area contributed by atoms with Crippen molar-refractivity contribution in [3.8, 4) is 11.4 Å². The number of nitrogens with one attached hydrogen (secondary N) is 3. The molecule has 0 saturated heterocycles. The quantitative estimate of drug-likeness (QED) is 0.127. The van der Waals surface area contributed by atoms with E-state index in [1.54, 1.807) is 30.4 Å². The van der Waals surface area contributed by atoms with Gasteiger partial charge in [-0.15, -0.1) is 0 Å². The van der Waals surface area contributed by atoms with Gasteiger partial charge in [-0.25, -0.2) is 19.4 Å². The Balaban J connectivity index is 1.19. The molecule has 0 aliphatic rings. The third-order valence-corrected chi connectivity index (χ3v) is 7.84. The van der Waals surface area contributed by atoms with Gasteiger partial charge >= 0.3 is 6.03 Å². The van der Waals surface area contributed by atoms with Crippen molar-refractivity contribution in [3.05, 3.63) is 120 Å². The zero-order valence-corrected chi connectivity index (χ0v) is 28.3. The van der Waals surface area contributed by atoms with E-state index in [9.17, 15) is 4.79 Å². The molecule has 6 rings (SSSR count). The number of nitrogens with zero attached hydrogens (tertiary/aromatic N) is 5. The van der Waals surface area contributed by atoms with Gasteiger partial charge in [-0.05, 0) is 53.9 Å². The maximum atomic E-state index is 13.5. The van der Waals surface area contributed by atoms with Crippen molar-refractivity contribution in [3.63, 3.8) is 0 Å². The van der Waals surface area contributed by atoms with Crippen LogP contribution in [0, 0.1) is 0 Å². The Kier molecular flexibility index (Phi) is 9.82. The summed E-state index contributed by atoms with van der Waals surface area (Å²) < 4.78 is 13.4. The number of methoxy groups -OCH3 is 1. The first-order valence-electron chi connectivity index (χ1n) is 16.1. The lowest BCUT2D eigenvalue weighted by molar-refractivity contribution is 0.185. The van der Waals surface area contributed by atoms with Crippen LogP contribution in [-0.4, -0.2) is 37.9 Å². The molecular formula is C38H40N8O3. The molecule has 3 N–H and O–H groups in total. The van der Waals surface area contributed by atoms with E-state index in [0.717, 1.165) is 45.4 Å². The van der Waals surface area contributed by atoms with Gasteiger partial charge in [-0.2, -0.15) is 5.10 Å². The zero-order chi connectivity index (χ0) is 34.4. The second-order valence-electron chi connectivity index (χ2n) is 12.6. The van der Waals surface area contributed by atoms with E-state index >= 15 is 0 Å². The number of pyridine rings is 1. The molecule has 11 heteroatoms. The molecule has 0 fully saturated rings. The number of hydrogen-bond donors (Lipinski definition) is 3. The summed E-state index contributed by atoms with van der Waals surface area (Å²) in [6, 6.07) is 24.8. The monoisotopic (exact) mass is 656 g/mol. The highest BCUT2D eigenvalue weighted by atomic mass is 16.5. The van der Waals surface area contributed by atoms with Crippen LogP contribution in [0.2, 0.25) is 0 Å². The van der Waals surface area contributed by atoms with Crippen molar-refractivity contribution in [1.82, 2.24) is 24.7 Å². The Morgan fingerprint density at radius 1 is 0.857 bits per heavy atom. The number of aryl methyl sites for hydroxylation is 1. The molecule has 49 heavy (non-hydrogen) atoms. The maximum absolute atomic E-state index is 13.5. The fraction of sp³-hybridized carbons (Fsp3) is 0.237. The van der Waals surface area contributed by atoms with Crippen LogP contribution in [0.15, 0.2) is 97.5 Å². The first-order chi connectivity index (χ1) is 23.7. The fourth-order valence-corrected chi connectivity index (χ4v) is 5.32. The molecule has 3 aromatic carbocycles. The minimum absolute atomic E-state index is 0.224. The molecule has 3 aromatic heterocycles. The number of benzene rings is 3. The lowest BCUT2D eigenvalue weighted by Crippen LogP contribution is -2.21. The van der Waals surface area contributed by atoms with Crippen LogP contribution in [0.4, 0.5) is 27.9 Å². The van der Waals surface area contributed by atoms with E-state index in [4.69, 9.17) is 14.6 Å². The fourth-order valence-electron chi connectivity index (χ4n) is 5.32. The number of carbonyl (C=O) groups is 1. The molecule has 0 unspecified atom stereocenters. The minimum atomic E-state index is -0.389. The summed E-state index contributed by atoms with van der Waals surface area (Å²) in [5, 5.41) is 15.9. The van der Waals surface area contributed by atoms with Crippen LogP contribution >= 0.6 is 0 Å². The maximum Gasteiger partial charge on any atom is 0.324 e. The number of rotatable bonds is 11. The minimum Gasteiger partial charge on any atom is -0.488 e. The summed E-state index contributed by atoms with van der Waals surface area (Å²) in [6.07, 6.45) is 5.95. The highest BCUT2D eigenvalue weighted by Gasteiger charge is 2.22. The largest absolute Gasteiger partial charge is 0.488 e. The predicted octanol–water partition coefficient (Wildman–Crippen LogP) is 8.18. The molecule has 0 aliphatic carbocycles. The number of fused-ring (bicyclic) bond motifs is 1. The number of urea groups is 1. The Labute approximate surface area is 285 Å². The second-order valence-corrected chi connectivity index (χ2v) is 12.6. The van der Waals surface area contributed by atoms with Crippen LogP contribution in [0.3, 0.4) is 0 Å². The SMILES string of the molecule is CCc1cncc(Nc2cc(COc3ccc(NC(=O)Nc4cc(C(C)(C)C)nn4-c4cccc(COC)c4)c4ccccc34)ccn2)n1. The van der Waals surface area contributed by atoms with Gasteiger partial charge < -0.3 is 20.1 Å². The van der Waals surface area contributed by atoms with E-state index in [-0.39, 0.29) is 11.4 Å². The molecule has 2 amide bonds. The van der Waals surface area contributed by atoms with Crippen molar-refractivity contribution in [1.29, 1.82) is 0 Å². The van der Waals surface area contributed by atoms with Gasteiger partial charge in [-0.3, -0.25) is 10.3 Å². The molecular weight excluding hydrogens is 616 g/mol. The molecule has 0 atom stereocenters. The second kappa shape index (κ2) is 14.5. The number of aromatic nitrogens is 5. The number of hydrogen-bond acceptors (Lipinski definition) is 8. The van der Waals surface area contributed by atoms with Crippen LogP contribution < -0.4 is 20.7 Å². The van der Waals surface area contributed by atoms with E-state index in [2.05, 4.69) is 51.7 Å². The Morgan fingerprint density at radius 2 is 1.67 bits per heavy atom. The van der Waals surface area contributed by atoms with Crippen LogP contribution in [-0.2, 0) is 29.8 Å². The Bertz CT molecular complexity index is 2090. The average molecular weight is 657 g/mol. The third kappa shape index (κ3) is 8.02. The van der Waals surface area contributed by atoms with E-state index in [1.807, 2.05) is 85.8 Å². The normalized spacial score (nSPS) is 11.4. The summed E-state index contributed by atoms with van der Waals surface area (Å²) in [5.74, 6) is 2.53. The van der Waals surface area contributed by atoms with Gasteiger partial charge in [-0.1, -0.05) is 64.1 Å². The van der Waals surface area contributed by atoms with Crippen LogP contribution in [0.1, 0.15) is 50.2 Å². The summed E-state index contributed by atoms with van der Waals surface area (Å²) in [4.78, 5) is 26.7. The highest BCUT2D eigenvalue weighted by Crippen LogP contribution is 2.33. The highest BCUT2D eigenvalue weighted by molar-refractivity contribution is 6.07. The molecule has 11 nitrogen and oxygen atoms in total. The number of ether oxygens (including phenoxy) is 2. The molecule has 0 radical (unpaired) electrons. The molecule has 6 aromatic rings. The lowest BCUT2D eigenvalue weighted by Gasteiger charge is -2.15. The smallest absolute Gasteiger partial charge is 0.324 e. The van der Waals surface area contributed by atoms with Crippen LogP contribution in [0.5, 0.6) is 5.75 Å². The number of carbonyl (C=O) groups excluding carboxylic acids is 1. The Hall–Kier alpha value is -5.81. The number of anilines is 4. The summed E-state index contributed by atoms with van der Waals surface area (Å²) in [7, 11) is 1.66. The third-order valence-electron chi connectivity index (χ3n) is 7.84. The Morgan fingerprint density at radius 3 is 2.47 bits per heavy atom. The van der Waals surface area contributed by atoms with Crippen molar-refractivity contribution < 1.29 is 14.3 Å². The van der Waals surface area contributed by atoms with E-state index in [0.29, 0.717) is 42.1 Å². The van der Waals surface area contributed by atoms with Crippen molar-refractivity contribution >= 4 is 39.9 Å². The summed E-state index contributed by atoms with van der Waals surface area (Å²) in [6.45, 7) is 9.10. The van der Waals surface area contributed by atoms with Gasteiger partial charge in [0.1, 0.15) is 29.8 Å². The van der Waals surface area contributed by atoms with Gasteiger partial charge in [0.05, 0.1) is 35.6 Å². The van der Waals surface area contributed by atoms with Gasteiger partial charge in [0, 0.05) is 41.8 Å². The van der Waals surface area contributed by atoms with Gasteiger partial charge in [0.2, 0.25) is 0 Å². The van der Waals surface area contributed by atoms with Crippen molar-refractivity contribution in [2.45, 2.75) is 52.7 Å². The van der Waals surface area contributed by atoms with Gasteiger partial charge in [0.25, 0.3) is 0 Å². The first-order valence-corrected chi connectivity index (χ1v) is 16.1. The molecule has 0 spiro atoms. The molecule has 0 bridgehead atoms. The standard InChI is InChI=1S/C38H40N8O3/c1-6-27-21-39-22-35(41-27)43-34-19-26(16-17-40-34)24-49-32-15-14-31(29-12-7-8-13-30(29)32)42-37(47)44-36-20-33(38(2,3)4)45-46(36)28-11-9-10-25(18-28)23-48-5/h7-22H,6,23-24H2,1-5H3,(H,40,41,43)(H2,42,44,47). The lowest BCUT2D eigenvalue weighted by atomic mass is 9.92. The van der Waals surface area contributed by atoms with Crippen LogP contribution in [0.25, 0.3) is 16.5 Å². The van der Waals surface area contributed by atoms with E-state index < -0.39 is 0 Å². The number of amides is 2. The summed E-state index contributed by atoms with van der Waals surface area (Å²) in [5.41, 5.74) is 4.94. The molecule has 0 aliphatic heterocycles.